The van der Waals surface area contributed by atoms with Gasteiger partial charge in [0.2, 0.25) is 11.8 Å². The van der Waals surface area contributed by atoms with Gasteiger partial charge in [0.25, 0.3) is 0 Å². The summed E-state index contributed by atoms with van der Waals surface area (Å²) >= 11 is 15.6. The highest BCUT2D eigenvalue weighted by Crippen LogP contribution is 2.41. The minimum atomic E-state index is -0.915. The number of ether oxygens (including phenoxy) is 1. The molecular formula is C35H33Cl2N5O4S. The van der Waals surface area contributed by atoms with Crippen LogP contribution in [0.3, 0.4) is 0 Å². The second-order valence-electron chi connectivity index (χ2n) is 11.4. The van der Waals surface area contributed by atoms with Crippen molar-refractivity contribution in [1.29, 1.82) is 0 Å². The normalized spacial score (nSPS) is 14.4. The van der Waals surface area contributed by atoms with Gasteiger partial charge in [-0.25, -0.2) is 9.97 Å². The highest BCUT2D eigenvalue weighted by molar-refractivity contribution is 7.18. The number of thiazole rings is 1. The summed E-state index contributed by atoms with van der Waals surface area (Å²) in [5, 5.41) is 16.7. The van der Waals surface area contributed by atoms with Crippen LogP contribution in [0.4, 0.5) is 0 Å². The van der Waals surface area contributed by atoms with Gasteiger partial charge in [-0.1, -0.05) is 65.7 Å². The number of methoxy groups -OCH3 is 1. The maximum absolute atomic E-state index is 11.5. The molecule has 1 fully saturated rings. The van der Waals surface area contributed by atoms with E-state index in [9.17, 15) is 9.59 Å². The predicted octanol–water partition coefficient (Wildman–Crippen LogP) is 7.10. The molecule has 47 heavy (non-hydrogen) atoms. The molecule has 1 amide bonds. The van der Waals surface area contributed by atoms with E-state index in [0.29, 0.717) is 41.0 Å². The van der Waals surface area contributed by atoms with Crippen molar-refractivity contribution in [2.24, 2.45) is 0 Å². The SMILES string of the molecule is COc1nc(-c2cccc(-c3cccc(Cc4nccc5sc(CNCC(=O)O)nc45)c3Cl)c2Cl)ccc1CCC[C@@H]1CCC(=O)N1. The van der Waals surface area contributed by atoms with Gasteiger partial charge in [0.1, 0.15) is 10.5 Å². The van der Waals surface area contributed by atoms with Gasteiger partial charge >= 0.3 is 5.97 Å². The Balaban J connectivity index is 1.23. The molecular weight excluding hydrogens is 657 g/mol. The number of carboxylic acids is 1. The number of benzene rings is 2. The fraction of sp³-hybridized carbons (Fsp3) is 0.286. The molecule has 0 bridgehead atoms. The average Bonchev–Trinajstić information content (AvgIpc) is 3.68. The van der Waals surface area contributed by atoms with E-state index in [1.165, 1.54) is 11.3 Å². The zero-order valence-corrected chi connectivity index (χ0v) is 28.0. The molecule has 4 heterocycles. The number of halogens is 2. The van der Waals surface area contributed by atoms with Gasteiger partial charge in [-0.2, -0.15) is 0 Å². The molecule has 6 rings (SSSR count). The number of carbonyl (C=O) groups excluding carboxylic acids is 1. The quantitative estimate of drug-likeness (QED) is 0.120. The van der Waals surface area contributed by atoms with Crippen molar-refractivity contribution in [1.82, 2.24) is 25.6 Å². The first-order valence-corrected chi connectivity index (χ1v) is 16.9. The fourth-order valence-corrected chi connectivity index (χ4v) is 7.47. The summed E-state index contributed by atoms with van der Waals surface area (Å²) in [5.74, 6) is -0.221. The standard InChI is InChI=1S/C35H33Cl2N5O4S/c1-46-35-20(5-2-7-22-12-14-29(43)40-22)11-13-26(41-35)25-10-4-9-24(33(25)37)23-8-3-6-21(32(23)36)17-27-34-28(15-16-39-27)47-30(42-34)18-38-19-31(44)45/h3-4,6,8-11,13,15-16,22,38H,2,5,7,12,14,17-19H2,1H3,(H,40,43)(H,44,45)/t22-/m1/s1. The minimum Gasteiger partial charge on any atom is -0.481 e. The average molecular weight is 691 g/mol. The van der Waals surface area contributed by atoms with Crippen molar-refractivity contribution < 1.29 is 19.4 Å². The Morgan fingerprint density at radius 1 is 1.04 bits per heavy atom. The molecule has 0 aliphatic carbocycles. The summed E-state index contributed by atoms with van der Waals surface area (Å²) in [6.07, 6.45) is 6.36. The number of hydrogen-bond donors (Lipinski definition) is 3. The van der Waals surface area contributed by atoms with Crippen molar-refractivity contribution in [3.05, 3.63) is 92.7 Å². The van der Waals surface area contributed by atoms with Crippen LogP contribution in [0, 0.1) is 0 Å². The lowest BCUT2D eigenvalue weighted by Gasteiger charge is -2.15. The van der Waals surface area contributed by atoms with Crippen LogP contribution < -0.4 is 15.4 Å². The largest absolute Gasteiger partial charge is 0.481 e. The third kappa shape index (κ3) is 7.57. The summed E-state index contributed by atoms with van der Waals surface area (Å²) in [6, 6.07) is 17.8. The molecule has 1 aliphatic rings. The van der Waals surface area contributed by atoms with Gasteiger partial charge in [-0.3, -0.25) is 14.6 Å². The van der Waals surface area contributed by atoms with Crippen molar-refractivity contribution >= 4 is 56.6 Å². The van der Waals surface area contributed by atoms with Gasteiger partial charge in [0.15, 0.2) is 0 Å². The highest BCUT2D eigenvalue weighted by atomic mass is 35.5. The van der Waals surface area contributed by atoms with Gasteiger partial charge in [0, 0.05) is 53.9 Å². The van der Waals surface area contributed by atoms with Gasteiger partial charge in [-0.05, 0) is 43.4 Å². The third-order valence-corrected chi connectivity index (χ3v) is 10.1. The number of aryl methyl sites for hydroxylation is 1. The smallest absolute Gasteiger partial charge is 0.317 e. The van der Waals surface area contributed by atoms with Crippen LogP contribution in [-0.2, 0) is 29.0 Å². The molecule has 3 N–H and O–H groups in total. The van der Waals surface area contributed by atoms with Gasteiger partial charge < -0.3 is 20.5 Å². The number of carboxylic acid groups (broad SMARTS) is 1. The lowest BCUT2D eigenvalue weighted by molar-refractivity contribution is -0.136. The maximum Gasteiger partial charge on any atom is 0.317 e. The van der Waals surface area contributed by atoms with Crippen LogP contribution >= 0.6 is 34.5 Å². The number of fused-ring (bicyclic) bond motifs is 1. The Morgan fingerprint density at radius 3 is 2.60 bits per heavy atom. The number of pyridine rings is 2. The number of rotatable bonds is 13. The van der Waals surface area contributed by atoms with Crippen molar-refractivity contribution in [3.63, 3.8) is 0 Å². The van der Waals surface area contributed by atoms with Crippen molar-refractivity contribution in [3.8, 4) is 28.3 Å². The number of aromatic nitrogens is 3. The van der Waals surface area contributed by atoms with Crippen LogP contribution in [0.25, 0.3) is 32.6 Å². The first kappa shape index (κ1) is 32.8. The Bertz CT molecular complexity index is 1950. The number of nitrogens with zero attached hydrogens (tertiary/aromatic N) is 3. The molecule has 242 valence electrons. The Hall–Kier alpha value is -4.09. The summed E-state index contributed by atoms with van der Waals surface area (Å²) in [5.41, 5.74) is 6.49. The number of amides is 1. The molecule has 2 aromatic carbocycles. The van der Waals surface area contributed by atoms with Crippen LogP contribution in [-0.4, -0.2) is 51.6 Å². The van der Waals surface area contributed by atoms with E-state index in [-0.39, 0.29) is 18.5 Å². The first-order valence-electron chi connectivity index (χ1n) is 15.4. The van der Waals surface area contributed by atoms with E-state index < -0.39 is 5.97 Å². The number of nitrogens with one attached hydrogen (secondary N) is 2. The maximum atomic E-state index is 11.5. The van der Waals surface area contributed by atoms with E-state index in [0.717, 1.165) is 74.4 Å². The fourth-order valence-electron chi connectivity index (χ4n) is 5.90. The molecule has 0 unspecified atom stereocenters. The van der Waals surface area contributed by atoms with E-state index in [4.69, 9.17) is 43.0 Å². The minimum absolute atomic E-state index is 0.134. The zero-order valence-electron chi connectivity index (χ0n) is 25.7. The number of carbonyl (C=O) groups is 2. The molecule has 0 spiro atoms. The lowest BCUT2D eigenvalue weighted by atomic mass is 9.97. The van der Waals surface area contributed by atoms with Crippen LogP contribution in [0.5, 0.6) is 5.88 Å². The molecule has 1 saturated heterocycles. The van der Waals surface area contributed by atoms with Crippen LogP contribution in [0.15, 0.2) is 60.8 Å². The van der Waals surface area contributed by atoms with Crippen molar-refractivity contribution in [2.45, 2.75) is 51.1 Å². The second-order valence-corrected chi connectivity index (χ2v) is 13.3. The predicted molar refractivity (Wildman–Crippen MR) is 185 cm³/mol. The van der Waals surface area contributed by atoms with E-state index in [1.54, 1.807) is 13.3 Å². The monoisotopic (exact) mass is 689 g/mol. The molecule has 0 saturated carbocycles. The summed E-state index contributed by atoms with van der Waals surface area (Å²) in [7, 11) is 1.62. The Kier molecular flexibility index (Phi) is 10.3. The molecule has 12 heteroatoms. The number of hydrogen-bond acceptors (Lipinski definition) is 8. The zero-order chi connectivity index (χ0) is 32.9. The lowest BCUT2D eigenvalue weighted by Crippen LogP contribution is -2.25. The number of aliphatic carboxylic acids is 1. The third-order valence-electron chi connectivity index (χ3n) is 8.20. The molecule has 1 atom stereocenters. The summed E-state index contributed by atoms with van der Waals surface area (Å²) < 4.78 is 6.65. The van der Waals surface area contributed by atoms with Crippen molar-refractivity contribution in [2.75, 3.05) is 13.7 Å². The first-order chi connectivity index (χ1) is 22.8. The van der Waals surface area contributed by atoms with E-state index in [2.05, 4.69) is 15.6 Å². The Morgan fingerprint density at radius 2 is 1.83 bits per heavy atom. The highest BCUT2D eigenvalue weighted by Gasteiger charge is 2.21. The van der Waals surface area contributed by atoms with Crippen LogP contribution in [0.2, 0.25) is 10.0 Å². The molecule has 0 radical (unpaired) electrons. The van der Waals surface area contributed by atoms with Gasteiger partial charge in [0.05, 0.1) is 39.8 Å². The van der Waals surface area contributed by atoms with Crippen LogP contribution in [0.1, 0.15) is 47.5 Å². The topological polar surface area (TPSA) is 126 Å². The Labute approximate surface area is 286 Å². The summed E-state index contributed by atoms with van der Waals surface area (Å²) in [6.45, 7) is 0.228. The van der Waals surface area contributed by atoms with E-state index in [1.807, 2.05) is 54.6 Å². The second kappa shape index (κ2) is 14.8. The van der Waals surface area contributed by atoms with Gasteiger partial charge in [-0.15, -0.1) is 11.3 Å². The van der Waals surface area contributed by atoms with E-state index >= 15 is 0 Å². The summed E-state index contributed by atoms with van der Waals surface area (Å²) in [4.78, 5) is 36.6. The molecule has 1 aliphatic heterocycles. The molecule has 9 nitrogen and oxygen atoms in total. The molecule has 3 aromatic heterocycles. The molecule has 5 aromatic rings.